The van der Waals surface area contributed by atoms with Crippen molar-refractivity contribution in [3.05, 3.63) is 34.1 Å². The molecule has 0 amide bonds. The van der Waals surface area contributed by atoms with Gasteiger partial charge >= 0.3 is 0 Å². The van der Waals surface area contributed by atoms with Gasteiger partial charge in [-0.1, -0.05) is 6.07 Å². The maximum atomic E-state index is 13.4. The van der Waals surface area contributed by atoms with Gasteiger partial charge in [-0.15, -0.1) is 24.0 Å². The van der Waals surface area contributed by atoms with E-state index in [0.717, 1.165) is 31.0 Å². The van der Waals surface area contributed by atoms with E-state index < -0.39 is 0 Å². The van der Waals surface area contributed by atoms with E-state index in [-0.39, 0.29) is 35.9 Å². The topological polar surface area (TPSA) is 47.9 Å². The molecule has 1 heterocycles. The second-order valence-corrected chi connectivity index (χ2v) is 5.66. The van der Waals surface area contributed by atoms with Crippen LogP contribution in [0.1, 0.15) is 18.9 Å². The van der Waals surface area contributed by atoms with E-state index in [4.69, 9.17) is 0 Å². The number of halogens is 3. The summed E-state index contributed by atoms with van der Waals surface area (Å²) in [5.41, 5.74) is 0.820. The van der Waals surface area contributed by atoms with Crippen LogP contribution in [-0.4, -0.2) is 41.7 Å². The van der Waals surface area contributed by atoms with Crippen LogP contribution in [0.4, 0.5) is 4.39 Å². The number of aliphatic hydroxyl groups is 1. The molecule has 0 bridgehead atoms. The number of nitrogens with one attached hydrogen (secondary N) is 1. The van der Waals surface area contributed by atoms with Crippen molar-refractivity contribution in [2.45, 2.75) is 26.0 Å². The largest absolute Gasteiger partial charge is 0.391 e. The number of rotatable bonds is 3. The smallest absolute Gasteiger partial charge is 0.194 e. The first-order chi connectivity index (χ1) is 9.60. The lowest BCUT2D eigenvalue weighted by Crippen LogP contribution is -2.40. The molecule has 1 fully saturated rings. The van der Waals surface area contributed by atoms with Gasteiger partial charge in [-0.3, -0.25) is 0 Å². The Morgan fingerprint density at radius 2 is 2.33 bits per heavy atom. The van der Waals surface area contributed by atoms with Crippen LogP contribution in [0.2, 0.25) is 0 Å². The summed E-state index contributed by atoms with van der Waals surface area (Å²) in [7, 11) is 0. The molecule has 1 aromatic carbocycles. The lowest BCUT2D eigenvalue weighted by Gasteiger charge is -2.20. The first-order valence-corrected chi connectivity index (χ1v) is 7.54. The fourth-order valence-electron chi connectivity index (χ4n) is 2.16. The number of likely N-dealkylation sites (tertiary alicyclic amines) is 1. The highest BCUT2D eigenvalue weighted by Gasteiger charge is 2.22. The number of nitrogens with zero attached hydrogens (tertiary/aromatic N) is 2. The Kier molecular flexibility index (Phi) is 7.89. The summed E-state index contributed by atoms with van der Waals surface area (Å²) >= 11 is 3.14. The maximum Gasteiger partial charge on any atom is 0.194 e. The SMILES string of the molecule is CCNC(=NCc1ccc(Br)c(F)c1)N1CC[C@@H](O)C1.I. The average Bonchev–Trinajstić information content (AvgIpc) is 2.85. The zero-order valence-corrected chi connectivity index (χ0v) is 15.8. The highest BCUT2D eigenvalue weighted by atomic mass is 127. The molecule has 118 valence electrons. The Bertz CT molecular complexity index is 501. The molecule has 1 aliphatic heterocycles. The minimum atomic E-state index is -0.288. The Morgan fingerprint density at radius 3 is 2.90 bits per heavy atom. The van der Waals surface area contributed by atoms with Crippen LogP contribution in [0.25, 0.3) is 0 Å². The molecule has 7 heteroatoms. The van der Waals surface area contributed by atoms with E-state index in [1.165, 1.54) is 6.07 Å². The molecule has 2 N–H and O–H groups in total. The Labute approximate surface area is 150 Å². The number of β-amino-alcohol motifs (C(OH)–C–C–N with tert-alkyl or cyclic N) is 1. The van der Waals surface area contributed by atoms with Crippen LogP contribution in [0.3, 0.4) is 0 Å². The number of hydrogen-bond donors (Lipinski definition) is 2. The van der Waals surface area contributed by atoms with E-state index in [1.807, 2.05) is 17.9 Å². The minimum Gasteiger partial charge on any atom is -0.391 e. The van der Waals surface area contributed by atoms with Gasteiger partial charge in [-0.05, 0) is 47.0 Å². The molecule has 0 aliphatic carbocycles. The molecular formula is C14H20BrFIN3O. The van der Waals surface area contributed by atoms with Crippen LogP contribution in [-0.2, 0) is 6.54 Å². The lowest BCUT2D eigenvalue weighted by molar-refractivity contribution is 0.188. The molecule has 1 aromatic rings. The third-order valence-electron chi connectivity index (χ3n) is 3.19. The summed E-state index contributed by atoms with van der Waals surface area (Å²) in [5, 5.41) is 12.8. The summed E-state index contributed by atoms with van der Waals surface area (Å²) < 4.78 is 13.9. The number of aliphatic imine (C=N–C) groups is 1. The highest BCUT2D eigenvalue weighted by molar-refractivity contribution is 14.0. The van der Waals surface area contributed by atoms with Crippen molar-refractivity contribution in [1.82, 2.24) is 10.2 Å². The molecule has 0 saturated carbocycles. The predicted octanol–water partition coefficient (Wildman–Crippen LogP) is 2.74. The van der Waals surface area contributed by atoms with E-state index in [2.05, 4.69) is 26.2 Å². The van der Waals surface area contributed by atoms with E-state index in [1.54, 1.807) is 6.07 Å². The second-order valence-electron chi connectivity index (χ2n) is 4.81. The molecule has 0 unspecified atom stereocenters. The summed E-state index contributed by atoms with van der Waals surface area (Å²) in [6, 6.07) is 5.02. The molecule has 4 nitrogen and oxygen atoms in total. The first-order valence-electron chi connectivity index (χ1n) is 6.75. The third-order valence-corrected chi connectivity index (χ3v) is 3.84. The predicted molar refractivity (Wildman–Crippen MR) is 96.5 cm³/mol. The van der Waals surface area contributed by atoms with E-state index in [0.29, 0.717) is 17.6 Å². The Hall–Kier alpha value is -0.410. The lowest BCUT2D eigenvalue weighted by atomic mass is 10.2. The maximum absolute atomic E-state index is 13.4. The zero-order chi connectivity index (χ0) is 14.5. The summed E-state index contributed by atoms with van der Waals surface area (Å²) in [4.78, 5) is 6.54. The Balaban J connectivity index is 0.00000220. The van der Waals surface area contributed by atoms with Gasteiger partial charge in [0.2, 0.25) is 0 Å². The van der Waals surface area contributed by atoms with Crippen molar-refractivity contribution in [3.8, 4) is 0 Å². The van der Waals surface area contributed by atoms with Gasteiger partial charge in [0.05, 0.1) is 17.1 Å². The molecular weight excluding hydrogens is 452 g/mol. The number of benzene rings is 1. The van der Waals surface area contributed by atoms with Gasteiger partial charge in [-0.2, -0.15) is 0 Å². The molecule has 2 rings (SSSR count). The molecule has 0 spiro atoms. The van der Waals surface area contributed by atoms with Gasteiger partial charge in [0.25, 0.3) is 0 Å². The third kappa shape index (κ3) is 5.37. The molecule has 0 aromatic heterocycles. The number of aliphatic hydroxyl groups excluding tert-OH is 1. The van der Waals surface area contributed by atoms with E-state index >= 15 is 0 Å². The Morgan fingerprint density at radius 1 is 1.57 bits per heavy atom. The molecule has 21 heavy (non-hydrogen) atoms. The number of guanidine groups is 1. The molecule has 1 atom stereocenters. The van der Waals surface area contributed by atoms with Crippen LogP contribution in [0.15, 0.2) is 27.7 Å². The van der Waals surface area contributed by atoms with Crippen molar-refractivity contribution in [1.29, 1.82) is 0 Å². The fourth-order valence-corrected chi connectivity index (χ4v) is 2.41. The normalized spacial score (nSPS) is 18.6. The van der Waals surface area contributed by atoms with Crippen molar-refractivity contribution in [3.63, 3.8) is 0 Å². The van der Waals surface area contributed by atoms with Gasteiger partial charge < -0.3 is 15.3 Å². The van der Waals surface area contributed by atoms with Crippen LogP contribution >= 0.6 is 39.9 Å². The highest BCUT2D eigenvalue weighted by Crippen LogP contribution is 2.17. The first kappa shape index (κ1) is 18.6. The summed E-state index contributed by atoms with van der Waals surface area (Å²) in [6.45, 7) is 4.57. The van der Waals surface area contributed by atoms with Crippen molar-refractivity contribution >= 4 is 45.9 Å². The monoisotopic (exact) mass is 471 g/mol. The molecule has 1 aliphatic rings. The van der Waals surface area contributed by atoms with Gasteiger partial charge in [0.1, 0.15) is 5.82 Å². The summed E-state index contributed by atoms with van der Waals surface area (Å²) in [6.07, 6.45) is 0.473. The number of hydrogen-bond acceptors (Lipinski definition) is 2. The summed E-state index contributed by atoms with van der Waals surface area (Å²) in [5.74, 6) is 0.492. The van der Waals surface area contributed by atoms with Gasteiger partial charge in [0.15, 0.2) is 5.96 Å². The van der Waals surface area contributed by atoms with Gasteiger partial charge in [-0.25, -0.2) is 9.38 Å². The van der Waals surface area contributed by atoms with E-state index in [9.17, 15) is 9.50 Å². The van der Waals surface area contributed by atoms with Crippen LogP contribution in [0.5, 0.6) is 0 Å². The standard InChI is InChI=1S/C14H19BrFN3O.HI/c1-2-17-14(19-6-5-11(20)9-19)18-8-10-3-4-12(15)13(16)7-10;/h3-4,7,11,20H,2,5-6,8-9H2,1H3,(H,17,18);1H/t11-;/m1./s1. The minimum absolute atomic E-state index is 0. The van der Waals surface area contributed by atoms with Crippen molar-refractivity contribution in [2.75, 3.05) is 19.6 Å². The molecule has 1 saturated heterocycles. The fraction of sp³-hybridized carbons (Fsp3) is 0.500. The average molecular weight is 472 g/mol. The van der Waals surface area contributed by atoms with Crippen molar-refractivity contribution in [2.24, 2.45) is 4.99 Å². The van der Waals surface area contributed by atoms with Crippen LogP contribution < -0.4 is 5.32 Å². The quantitative estimate of drug-likeness (QED) is 0.405. The molecule has 0 radical (unpaired) electrons. The second kappa shape index (κ2) is 8.89. The zero-order valence-electron chi connectivity index (χ0n) is 11.9. The van der Waals surface area contributed by atoms with Crippen molar-refractivity contribution < 1.29 is 9.50 Å². The van der Waals surface area contributed by atoms with Crippen LogP contribution in [0, 0.1) is 5.82 Å². The van der Waals surface area contributed by atoms with Gasteiger partial charge in [0, 0.05) is 19.6 Å².